The Hall–Kier alpha value is -3.28. The topological polar surface area (TPSA) is 69.0 Å². The van der Waals surface area contributed by atoms with Crippen LogP contribution in [0.4, 0.5) is 4.79 Å². The fourth-order valence-corrected chi connectivity index (χ4v) is 2.37. The van der Waals surface area contributed by atoms with Crippen LogP contribution in [0.1, 0.15) is 0 Å². The monoisotopic (exact) mass is 339 g/mol. The molecular weight excluding hydrogens is 322 g/mol. The molecule has 0 saturated carbocycles. The van der Waals surface area contributed by atoms with Gasteiger partial charge in [-0.05, 0) is 24.3 Å². The summed E-state index contributed by atoms with van der Waals surface area (Å²) in [5.41, 5.74) is 0.810. The fraction of sp³-hybridized carbons (Fsp3) is 0.158. The Morgan fingerprint density at radius 3 is 2.56 bits per heavy atom. The minimum absolute atomic E-state index is 0.187. The van der Waals surface area contributed by atoms with Crippen molar-refractivity contribution in [2.75, 3.05) is 21.2 Å². The number of nitrogens with zero attached hydrogens (tertiary/aromatic N) is 1. The zero-order chi connectivity index (χ0) is 18.0. The third-order valence-corrected chi connectivity index (χ3v) is 3.64. The lowest BCUT2D eigenvalue weighted by Crippen LogP contribution is -2.25. The van der Waals surface area contributed by atoms with Crippen molar-refractivity contribution in [2.45, 2.75) is 0 Å². The predicted molar refractivity (Wildman–Crippen MR) is 94.2 cm³/mol. The van der Waals surface area contributed by atoms with Crippen molar-refractivity contribution in [3.8, 4) is 22.8 Å². The molecule has 6 nitrogen and oxygen atoms in total. The molecular formula is C19H17NO5. The molecule has 0 radical (unpaired) electrons. The molecule has 1 heterocycles. The van der Waals surface area contributed by atoms with Crippen LogP contribution >= 0.6 is 0 Å². The number of para-hydroxylation sites is 1. The largest absolute Gasteiger partial charge is 0.496 e. The van der Waals surface area contributed by atoms with E-state index < -0.39 is 6.09 Å². The fourth-order valence-electron chi connectivity index (χ4n) is 2.37. The summed E-state index contributed by atoms with van der Waals surface area (Å²) in [4.78, 5) is 25.4. The predicted octanol–water partition coefficient (Wildman–Crippen LogP) is 3.53. The number of carbonyl (C=O) groups is 1. The second kappa shape index (κ2) is 6.68. The van der Waals surface area contributed by atoms with Gasteiger partial charge in [-0.25, -0.2) is 4.79 Å². The molecule has 2 aromatic carbocycles. The van der Waals surface area contributed by atoms with Gasteiger partial charge < -0.3 is 18.8 Å². The molecule has 3 rings (SSSR count). The molecule has 1 amide bonds. The maximum absolute atomic E-state index is 12.4. The molecule has 0 unspecified atom stereocenters. The first-order chi connectivity index (χ1) is 12.0. The first-order valence-electron chi connectivity index (χ1n) is 7.60. The van der Waals surface area contributed by atoms with E-state index in [9.17, 15) is 9.59 Å². The molecule has 128 valence electrons. The highest BCUT2D eigenvalue weighted by molar-refractivity contribution is 5.82. The summed E-state index contributed by atoms with van der Waals surface area (Å²) in [5, 5.41) is 0.406. The third kappa shape index (κ3) is 3.33. The Labute approximate surface area is 144 Å². The quantitative estimate of drug-likeness (QED) is 0.730. The molecule has 0 aliphatic heterocycles. The Bertz CT molecular complexity index is 991. The number of rotatable bonds is 3. The highest BCUT2D eigenvalue weighted by Crippen LogP contribution is 2.31. The molecule has 0 atom stereocenters. The number of benzene rings is 2. The van der Waals surface area contributed by atoms with Crippen LogP contribution in [-0.2, 0) is 0 Å². The van der Waals surface area contributed by atoms with E-state index in [0.29, 0.717) is 33.8 Å². The SMILES string of the molecule is COc1ccccc1-c1cc(=O)c2ccc(OC(=O)N(C)C)cc2o1. The van der Waals surface area contributed by atoms with Crippen LogP contribution < -0.4 is 14.9 Å². The van der Waals surface area contributed by atoms with Crippen LogP contribution in [0.25, 0.3) is 22.3 Å². The minimum Gasteiger partial charge on any atom is -0.496 e. The van der Waals surface area contributed by atoms with Gasteiger partial charge in [0, 0.05) is 26.2 Å². The standard InChI is InChI=1S/C19H17NO5/c1-20(2)19(22)24-12-8-9-13-15(21)11-18(25-17(13)10-12)14-6-4-5-7-16(14)23-3/h4-11H,1-3H3. The summed E-state index contributed by atoms with van der Waals surface area (Å²) in [6.45, 7) is 0. The van der Waals surface area contributed by atoms with Crippen LogP contribution in [0, 0.1) is 0 Å². The van der Waals surface area contributed by atoms with Crippen molar-refractivity contribution < 1.29 is 18.7 Å². The first-order valence-corrected chi connectivity index (χ1v) is 7.60. The second-order valence-electron chi connectivity index (χ2n) is 5.60. The summed E-state index contributed by atoms with van der Waals surface area (Å²) >= 11 is 0. The summed E-state index contributed by atoms with van der Waals surface area (Å²) in [6, 6.07) is 13.3. The lowest BCUT2D eigenvalue weighted by Gasteiger charge is -2.11. The van der Waals surface area contributed by atoms with Crippen molar-refractivity contribution >= 4 is 17.1 Å². The van der Waals surface area contributed by atoms with Gasteiger partial charge in [0.1, 0.15) is 22.8 Å². The maximum atomic E-state index is 12.4. The van der Waals surface area contributed by atoms with Crippen molar-refractivity contribution in [1.29, 1.82) is 0 Å². The van der Waals surface area contributed by atoms with Crippen LogP contribution in [-0.4, -0.2) is 32.2 Å². The zero-order valence-corrected chi connectivity index (χ0v) is 14.1. The number of methoxy groups -OCH3 is 1. The summed E-state index contributed by atoms with van der Waals surface area (Å²) in [6.07, 6.45) is -0.511. The summed E-state index contributed by atoms with van der Waals surface area (Å²) in [7, 11) is 4.73. The minimum atomic E-state index is -0.511. The van der Waals surface area contributed by atoms with Crippen molar-refractivity contribution in [2.24, 2.45) is 0 Å². The number of hydrogen-bond donors (Lipinski definition) is 0. The number of amides is 1. The average Bonchev–Trinajstić information content (AvgIpc) is 2.61. The molecule has 6 heteroatoms. The molecule has 3 aromatic rings. The normalized spacial score (nSPS) is 10.5. The van der Waals surface area contributed by atoms with Crippen LogP contribution in [0.15, 0.2) is 57.7 Å². The van der Waals surface area contributed by atoms with Crippen molar-refractivity contribution in [1.82, 2.24) is 4.90 Å². The van der Waals surface area contributed by atoms with Gasteiger partial charge in [-0.1, -0.05) is 12.1 Å². The summed E-state index contributed by atoms with van der Waals surface area (Å²) < 4.78 is 16.4. The zero-order valence-electron chi connectivity index (χ0n) is 14.1. The highest BCUT2D eigenvalue weighted by atomic mass is 16.6. The Morgan fingerprint density at radius 1 is 1.08 bits per heavy atom. The number of carbonyl (C=O) groups excluding carboxylic acids is 1. The molecule has 0 fully saturated rings. The lowest BCUT2D eigenvalue weighted by molar-refractivity contribution is 0.172. The maximum Gasteiger partial charge on any atom is 0.414 e. The Kier molecular flexibility index (Phi) is 4.43. The third-order valence-electron chi connectivity index (χ3n) is 3.64. The van der Waals surface area contributed by atoms with Gasteiger partial charge in [-0.15, -0.1) is 0 Å². The smallest absolute Gasteiger partial charge is 0.414 e. The van der Waals surface area contributed by atoms with Gasteiger partial charge in [0.2, 0.25) is 0 Å². The van der Waals surface area contributed by atoms with Gasteiger partial charge in [-0.2, -0.15) is 0 Å². The molecule has 0 spiro atoms. The van der Waals surface area contributed by atoms with E-state index >= 15 is 0 Å². The lowest BCUT2D eigenvalue weighted by atomic mass is 10.1. The number of hydrogen-bond acceptors (Lipinski definition) is 5. The van der Waals surface area contributed by atoms with E-state index in [1.165, 1.54) is 17.0 Å². The van der Waals surface area contributed by atoms with Crippen LogP contribution in [0.3, 0.4) is 0 Å². The van der Waals surface area contributed by atoms with Crippen molar-refractivity contribution in [3.05, 3.63) is 58.8 Å². The van der Waals surface area contributed by atoms with Crippen LogP contribution in [0.5, 0.6) is 11.5 Å². The van der Waals surface area contributed by atoms with E-state index in [-0.39, 0.29) is 5.43 Å². The number of fused-ring (bicyclic) bond motifs is 1. The molecule has 0 aliphatic rings. The van der Waals surface area contributed by atoms with Gasteiger partial charge in [0.15, 0.2) is 5.43 Å². The molecule has 25 heavy (non-hydrogen) atoms. The van der Waals surface area contributed by atoms with Crippen molar-refractivity contribution in [3.63, 3.8) is 0 Å². The van der Waals surface area contributed by atoms with E-state index in [2.05, 4.69) is 0 Å². The second-order valence-corrected chi connectivity index (χ2v) is 5.60. The van der Waals surface area contributed by atoms with E-state index in [1.807, 2.05) is 12.1 Å². The van der Waals surface area contributed by atoms with Gasteiger partial charge >= 0.3 is 6.09 Å². The molecule has 0 bridgehead atoms. The van der Waals surface area contributed by atoms with Gasteiger partial charge in [-0.3, -0.25) is 4.79 Å². The van der Waals surface area contributed by atoms with E-state index in [0.717, 1.165) is 0 Å². The Balaban J connectivity index is 2.10. The van der Waals surface area contributed by atoms with E-state index in [1.54, 1.807) is 45.5 Å². The summed E-state index contributed by atoms with van der Waals surface area (Å²) in [5.74, 6) is 1.28. The average molecular weight is 339 g/mol. The molecule has 1 aromatic heterocycles. The van der Waals surface area contributed by atoms with E-state index in [4.69, 9.17) is 13.9 Å². The molecule has 0 aliphatic carbocycles. The van der Waals surface area contributed by atoms with Crippen LogP contribution in [0.2, 0.25) is 0 Å². The molecule has 0 saturated heterocycles. The van der Waals surface area contributed by atoms with Gasteiger partial charge in [0.25, 0.3) is 0 Å². The first kappa shape index (κ1) is 16.6. The van der Waals surface area contributed by atoms with Gasteiger partial charge in [0.05, 0.1) is 18.1 Å². The number of ether oxygens (including phenoxy) is 2. The highest BCUT2D eigenvalue weighted by Gasteiger charge is 2.13. The molecule has 0 N–H and O–H groups in total. The Morgan fingerprint density at radius 2 is 1.84 bits per heavy atom.